The van der Waals surface area contributed by atoms with Gasteiger partial charge in [-0.2, -0.15) is 0 Å². The van der Waals surface area contributed by atoms with Crippen LogP contribution >= 0.6 is 0 Å². The number of nitrogens with zero attached hydrogens (tertiary/aromatic N) is 1. The lowest BCUT2D eigenvalue weighted by Gasteiger charge is -2.24. The molecule has 0 atom stereocenters. The van der Waals surface area contributed by atoms with Crippen LogP contribution in [0.25, 0.3) is 21.9 Å². The number of ether oxygens (including phenoxy) is 1. The van der Waals surface area contributed by atoms with E-state index in [-0.39, 0.29) is 5.78 Å². The molecular weight excluding hydrogens is 394 g/mol. The summed E-state index contributed by atoms with van der Waals surface area (Å²) in [5.74, 6) is 0.839. The summed E-state index contributed by atoms with van der Waals surface area (Å²) in [6.45, 7) is 4.46. The number of rotatable bonds is 6. The minimum atomic E-state index is 0.0455. The second kappa shape index (κ2) is 8.88. The Labute approximate surface area is 189 Å². The highest BCUT2D eigenvalue weighted by molar-refractivity contribution is 6.22. The molecule has 1 aliphatic heterocycles. The van der Waals surface area contributed by atoms with Crippen LogP contribution in [0.2, 0.25) is 0 Å². The molecule has 0 amide bonds. The van der Waals surface area contributed by atoms with Gasteiger partial charge in [-0.3, -0.25) is 4.79 Å². The van der Waals surface area contributed by atoms with E-state index in [0.29, 0.717) is 12.2 Å². The normalized spacial score (nSPS) is 13.5. The Morgan fingerprint density at radius 2 is 1.59 bits per heavy atom. The van der Waals surface area contributed by atoms with E-state index in [1.54, 1.807) is 0 Å². The first kappa shape index (κ1) is 20.3. The number of hydrogen-bond acceptors (Lipinski definition) is 3. The van der Waals surface area contributed by atoms with Gasteiger partial charge in [0.1, 0.15) is 5.75 Å². The van der Waals surface area contributed by atoms with Crippen molar-refractivity contribution < 1.29 is 9.53 Å². The number of para-hydroxylation sites is 1. The van der Waals surface area contributed by atoms with Crippen LogP contribution in [0.15, 0.2) is 84.9 Å². The fraction of sp³-hybridized carbons (Fsp3) is 0.207. The van der Waals surface area contributed by atoms with Crippen molar-refractivity contribution in [3.8, 4) is 16.9 Å². The third-order valence-electron chi connectivity index (χ3n) is 6.21. The summed E-state index contributed by atoms with van der Waals surface area (Å²) in [5.41, 5.74) is 4.41. The molecule has 0 saturated carbocycles. The molecule has 160 valence electrons. The minimum absolute atomic E-state index is 0.0455. The van der Waals surface area contributed by atoms with Crippen molar-refractivity contribution in [2.75, 3.05) is 24.6 Å². The molecule has 0 N–H and O–H groups in total. The van der Waals surface area contributed by atoms with E-state index in [9.17, 15) is 4.79 Å². The Kier molecular flexibility index (Phi) is 5.64. The number of anilines is 1. The lowest BCUT2D eigenvalue weighted by Crippen LogP contribution is -2.22. The molecule has 0 unspecified atom stereocenters. The Morgan fingerprint density at radius 3 is 2.38 bits per heavy atom. The van der Waals surface area contributed by atoms with Gasteiger partial charge >= 0.3 is 0 Å². The van der Waals surface area contributed by atoms with Gasteiger partial charge in [0.05, 0.1) is 12.3 Å². The molecule has 0 bridgehead atoms. The van der Waals surface area contributed by atoms with Gasteiger partial charge in [-0.05, 0) is 53.8 Å². The summed E-state index contributed by atoms with van der Waals surface area (Å²) >= 11 is 0. The van der Waals surface area contributed by atoms with E-state index in [2.05, 4.69) is 41.3 Å². The smallest absolute Gasteiger partial charge is 0.196 e. The van der Waals surface area contributed by atoms with Crippen molar-refractivity contribution in [1.29, 1.82) is 0 Å². The van der Waals surface area contributed by atoms with E-state index in [1.165, 1.54) is 0 Å². The van der Waals surface area contributed by atoms with E-state index < -0.39 is 0 Å². The molecule has 4 aromatic rings. The maximum Gasteiger partial charge on any atom is 0.196 e. The first-order chi connectivity index (χ1) is 15.8. The summed E-state index contributed by atoms with van der Waals surface area (Å²) in [6.07, 6.45) is 2.27. The number of carbonyl (C=O) groups is 1. The quantitative estimate of drug-likeness (QED) is 0.323. The largest absolute Gasteiger partial charge is 0.492 e. The molecule has 0 aromatic heterocycles. The number of ketones is 1. The Balaban J connectivity index is 1.75. The summed E-state index contributed by atoms with van der Waals surface area (Å²) < 4.78 is 5.98. The van der Waals surface area contributed by atoms with Crippen LogP contribution in [0, 0.1) is 0 Å². The fourth-order valence-electron chi connectivity index (χ4n) is 4.75. The summed E-state index contributed by atoms with van der Waals surface area (Å²) in [5, 5.41) is 2.05. The fourth-order valence-corrected chi connectivity index (χ4v) is 4.75. The Bertz CT molecular complexity index is 1260. The lowest BCUT2D eigenvalue weighted by atomic mass is 9.88. The molecule has 1 saturated heterocycles. The maximum absolute atomic E-state index is 14.3. The van der Waals surface area contributed by atoms with Crippen LogP contribution < -0.4 is 9.64 Å². The summed E-state index contributed by atoms with van der Waals surface area (Å²) in [7, 11) is 0. The zero-order valence-electron chi connectivity index (χ0n) is 18.4. The van der Waals surface area contributed by atoms with E-state index in [1.807, 2.05) is 55.5 Å². The van der Waals surface area contributed by atoms with Crippen molar-refractivity contribution in [3.63, 3.8) is 0 Å². The average Bonchev–Trinajstić information content (AvgIpc) is 3.38. The van der Waals surface area contributed by atoms with Crippen molar-refractivity contribution in [3.05, 3.63) is 96.1 Å². The first-order valence-corrected chi connectivity index (χ1v) is 11.4. The first-order valence-electron chi connectivity index (χ1n) is 11.4. The highest BCUT2D eigenvalue weighted by atomic mass is 16.5. The molecule has 4 aromatic carbocycles. The van der Waals surface area contributed by atoms with Crippen LogP contribution in [0.5, 0.6) is 5.75 Å². The minimum Gasteiger partial charge on any atom is -0.492 e. The third-order valence-corrected chi connectivity index (χ3v) is 6.21. The van der Waals surface area contributed by atoms with Gasteiger partial charge in [0, 0.05) is 24.2 Å². The standard InChI is InChI=1S/C29H27NO2/c1-2-32-26-16-10-15-25(28(26)30-19-8-9-20-30)29(31)27-23-14-7-6-13-22(23)17-18-24(27)21-11-4-3-5-12-21/h3-7,10-18H,2,8-9,19-20H2,1H3. The van der Waals surface area contributed by atoms with Gasteiger partial charge in [-0.1, -0.05) is 72.8 Å². The number of hydrogen-bond donors (Lipinski definition) is 0. The van der Waals surface area contributed by atoms with Gasteiger partial charge < -0.3 is 9.64 Å². The van der Waals surface area contributed by atoms with Gasteiger partial charge in [0.15, 0.2) is 5.78 Å². The molecule has 1 heterocycles. The molecule has 0 spiro atoms. The highest BCUT2D eigenvalue weighted by Gasteiger charge is 2.26. The van der Waals surface area contributed by atoms with Crippen molar-refractivity contribution in [1.82, 2.24) is 0 Å². The molecule has 5 rings (SSSR count). The summed E-state index contributed by atoms with van der Waals surface area (Å²) in [4.78, 5) is 16.6. The zero-order chi connectivity index (χ0) is 21.9. The van der Waals surface area contributed by atoms with E-state index >= 15 is 0 Å². The third kappa shape index (κ3) is 3.64. The van der Waals surface area contributed by atoms with Crippen LogP contribution in [0.4, 0.5) is 5.69 Å². The zero-order valence-corrected chi connectivity index (χ0v) is 18.4. The number of benzene rings is 4. The average molecular weight is 422 g/mol. The molecule has 1 fully saturated rings. The van der Waals surface area contributed by atoms with Gasteiger partial charge in [-0.25, -0.2) is 0 Å². The predicted molar refractivity (Wildman–Crippen MR) is 132 cm³/mol. The SMILES string of the molecule is CCOc1cccc(C(=O)c2c(-c3ccccc3)ccc3ccccc23)c1N1CCCC1. The molecule has 3 nitrogen and oxygen atoms in total. The second-order valence-electron chi connectivity index (χ2n) is 8.18. The maximum atomic E-state index is 14.3. The molecule has 0 aliphatic carbocycles. The highest BCUT2D eigenvalue weighted by Crippen LogP contribution is 2.39. The lowest BCUT2D eigenvalue weighted by molar-refractivity contribution is 0.104. The van der Waals surface area contributed by atoms with Crippen LogP contribution in [0.1, 0.15) is 35.7 Å². The molecular formula is C29H27NO2. The number of carbonyl (C=O) groups excluding carboxylic acids is 1. The van der Waals surface area contributed by atoms with Crippen LogP contribution in [-0.4, -0.2) is 25.5 Å². The Hall–Kier alpha value is -3.59. The van der Waals surface area contributed by atoms with Crippen LogP contribution in [-0.2, 0) is 0 Å². The number of fused-ring (bicyclic) bond motifs is 1. The van der Waals surface area contributed by atoms with Gasteiger partial charge in [-0.15, -0.1) is 0 Å². The molecule has 1 aliphatic rings. The van der Waals surface area contributed by atoms with Crippen molar-refractivity contribution >= 4 is 22.2 Å². The summed E-state index contributed by atoms with van der Waals surface area (Å²) in [6, 6.07) is 28.4. The monoisotopic (exact) mass is 421 g/mol. The van der Waals surface area contributed by atoms with Crippen molar-refractivity contribution in [2.24, 2.45) is 0 Å². The molecule has 32 heavy (non-hydrogen) atoms. The van der Waals surface area contributed by atoms with Gasteiger partial charge in [0.2, 0.25) is 0 Å². The molecule has 3 heteroatoms. The van der Waals surface area contributed by atoms with Crippen molar-refractivity contribution in [2.45, 2.75) is 19.8 Å². The Morgan fingerprint density at radius 1 is 0.844 bits per heavy atom. The second-order valence-corrected chi connectivity index (χ2v) is 8.18. The topological polar surface area (TPSA) is 29.5 Å². The van der Waals surface area contributed by atoms with Crippen LogP contribution in [0.3, 0.4) is 0 Å². The van der Waals surface area contributed by atoms with Gasteiger partial charge in [0.25, 0.3) is 0 Å². The van der Waals surface area contributed by atoms with E-state index in [0.717, 1.165) is 64.8 Å². The molecule has 0 radical (unpaired) electrons. The predicted octanol–water partition coefficient (Wildman–Crippen LogP) is 6.74. The van der Waals surface area contributed by atoms with E-state index in [4.69, 9.17) is 4.74 Å².